The van der Waals surface area contributed by atoms with Crippen LogP contribution in [0.25, 0.3) is 0 Å². The standard InChI is InChI=1S/C11H12ClF3N2O3/c1-10(2,3)19-9(18)17-20-8-7(12)4-6(5-16-8)11(13,14)15/h4-5H,1-3H3,(H,17,18). The number of hydroxylamine groups is 1. The van der Waals surface area contributed by atoms with E-state index in [1.165, 1.54) is 0 Å². The first kappa shape index (κ1) is 16.4. The molecule has 20 heavy (non-hydrogen) atoms. The maximum atomic E-state index is 12.4. The molecule has 1 amide bonds. The largest absolute Gasteiger partial charge is 0.442 e. The van der Waals surface area contributed by atoms with E-state index in [1.807, 2.05) is 5.48 Å². The second-order valence-electron chi connectivity index (χ2n) is 4.71. The van der Waals surface area contributed by atoms with Crippen LogP contribution in [-0.2, 0) is 10.9 Å². The molecule has 0 fully saturated rings. The van der Waals surface area contributed by atoms with Gasteiger partial charge in [-0.25, -0.2) is 9.78 Å². The van der Waals surface area contributed by atoms with Crippen molar-refractivity contribution >= 4 is 17.7 Å². The molecular weight excluding hydrogens is 301 g/mol. The Kier molecular flexibility index (Phi) is 4.69. The quantitative estimate of drug-likeness (QED) is 0.848. The van der Waals surface area contributed by atoms with Crippen LogP contribution in [0.3, 0.4) is 0 Å². The molecule has 1 heterocycles. The molecular formula is C11H12ClF3N2O3. The minimum atomic E-state index is -4.56. The zero-order valence-corrected chi connectivity index (χ0v) is 11.6. The highest BCUT2D eigenvalue weighted by atomic mass is 35.5. The summed E-state index contributed by atoms with van der Waals surface area (Å²) >= 11 is 5.57. The van der Waals surface area contributed by atoms with E-state index in [-0.39, 0.29) is 5.88 Å². The summed E-state index contributed by atoms with van der Waals surface area (Å²) in [5.74, 6) is -0.370. The van der Waals surface area contributed by atoms with E-state index in [0.29, 0.717) is 12.3 Å². The molecule has 1 rings (SSSR count). The summed E-state index contributed by atoms with van der Waals surface area (Å²) in [5.41, 5.74) is 0.0988. The molecule has 0 saturated carbocycles. The number of alkyl halides is 3. The predicted molar refractivity (Wildman–Crippen MR) is 64.2 cm³/mol. The zero-order valence-electron chi connectivity index (χ0n) is 10.8. The fraction of sp³-hybridized carbons (Fsp3) is 0.455. The first-order valence-corrected chi connectivity index (χ1v) is 5.75. The summed E-state index contributed by atoms with van der Waals surface area (Å²) in [7, 11) is 0. The lowest BCUT2D eigenvalue weighted by atomic mass is 10.2. The number of carbonyl (C=O) groups excluding carboxylic acids is 1. The summed E-state index contributed by atoms with van der Waals surface area (Å²) in [6.45, 7) is 4.90. The summed E-state index contributed by atoms with van der Waals surface area (Å²) in [6, 6.07) is 0.640. The number of nitrogens with zero attached hydrogens (tertiary/aromatic N) is 1. The Morgan fingerprint density at radius 1 is 1.35 bits per heavy atom. The van der Waals surface area contributed by atoms with Crippen LogP contribution >= 0.6 is 11.6 Å². The molecule has 0 atom stereocenters. The summed E-state index contributed by atoms with van der Waals surface area (Å²) < 4.78 is 42.0. The summed E-state index contributed by atoms with van der Waals surface area (Å²) in [6.07, 6.45) is -4.94. The number of hydrogen-bond donors (Lipinski definition) is 1. The Labute approximate surface area is 118 Å². The molecule has 1 aromatic rings. The Morgan fingerprint density at radius 2 is 1.95 bits per heavy atom. The van der Waals surface area contributed by atoms with Crippen molar-refractivity contribution in [3.8, 4) is 5.88 Å². The van der Waals surface area contributed by atoms with E-state index in [1.54, 1.807) is 20.8 Å². The molecule has 112 valence electrons. The minimum Gasteiger partial charge on any atom is -0.442 e. The third-order valence-electron chi connectivity index (χ3n) is 1.76. The minimum absolute atomic E-state index is 0.370. The number of hydrogen-bond acceptors (Lipinski definition) is 4. The smallest absolute Gasteiger partial charge is 0.441 e. The number of aromatic nitrogens is 1. The topological polar surface area (TPSA) is 60.5 Å². The Morgan fingerprint density at radius 3 is 2.40 bits per heavy atom. The van der Waals surface area contributed by atoms with Gasteiger partial charge in [-0.05, 0) is 26.8 Å². The van der Waals surface area contributed by atoms with Crippen molar-refractivity contribution in [2.24, 2.45) is 0 Å². The normalized spacial score (nSPS) is 11.9. The van der Waals surface area contributed by atoms with Gasteiger partial charge < -0.3 is 9.57 Å². The molecule has 1 aromatic heterocycles. The van der Waals surface area contributed by atoms with E-state index in [4.69, 9.17) is 16.3 Å². The zero-order chi connectivity index (χ0) is 15.6. The SMILES string of the molecule is CC(C)(C)OC(=O)NOc1ncc(C(F)(F)F)cc1Cl. The van der Waals surface area contributed by atoms with Gasteiger partial charge in [-0.15, -0.1) is 0 Å². The second-order valence-corrected chi connectivity index (χ2v) is 5.12. The van der Waals surface area contributed by atoms with Crippen LogP contribution in [0.4, 0.5) is 18.0 Å². The highest BCUT2D eigenvalue weighted by Gasteiger charge is 2.32. The van der Waals surface area contributed by atoms with Gasteiger partial charge in [-0.1, -0.05) is 11.6 Å². The van der Waals surface area contributed by atoms with E-state index in [2.05, 4.69) is 9.82 Å². The molecule has 0 aliphatic rings. The third kappa shape index (κ3) is 5.12. The van der Waals surface area contributed by atoms with Crippen LogP contribution in [0, 0.1) is 0 Å². The maximum Gasteiger partial charge on any atom is 0.441 e. The van der Waals surface area contributed by atoms with Crippen LogP contribution in [0.1, 0.15) is 26.3 Å². The molecule has 0 spiro atoms. The van der Waals surface area contributed by atoms with Gasteiger partial charge in [0.15, 0.2) is 0 Å². The lowest BCUT2D eigenvalue weighted by Gasteiger charge is -2.19. The Balaban J connectivity index is 2.68. The van der Waals surface area contributed by atoms with Gasteiger partial charge >= 0.3 is 12.3 Å². The Bertz CT molecular complexity index is 501. The van der Waals surface area contributed by atoms with E-state index in [0.717, 1.165) is 0 Å². The first-order chi connectivity index (χ1) is 8.99. The average Bonchev–Trinajstić information content (AvgIpc) is 2.23. The fourth-order valence-electron chi connectivity index (χ4n) is 1.04. The van der Waals surface area contributed by atoms with E-state index < -0.39 is 28.5 Å². The van der Waals surface area contributed by atoms with Crippen molar-refractivity contribution in [2.45, 2.75) is 32.5 Å². The number of amides is 1. The number of carbonyl (C=O) groups is 1. The lowest BCUT2D eigenvalue weighted by molar-refractivity contribution is -0.137. The van der Waals surface area contributed by atoms with Gasteiger partial charge in [-0.3, -0.25) is 0 Å². The van der Waals surface area contributed by atoms with E-state index in [9.17, 15) is 18.0 Å². The van der Waals surface area contributed by atoms with Crippen molar-refractivity contribution in [3.05, 3.63) is 22.8 Å². The molecule has 5 nitrogen and oxygen atoms in total. The Hall–Kier alpha value is -1.70. The average molecular weight is 313 g/mol. The molecule has 0 aromatic carbocycles. The van der Waals surface area contributed by atoms with Crippen molar-refractivity contribution < 1.29 is 27.5 Å². The van der Waals surface area contributed by atoms with Gasteiger partial charge in [0.1, 0.15) is 10.6 Å². The van der Waals surface area contributed by atoms with Crippen molar-refractivity contribution in [3.63, 3.8) is 0 Å². The van der Waals surface area contributed by atoms with Crippen LogP contribution in [0.5, 0.6) is 5.88 Å². The molecule has 0 unspecified atom stereocenters. The van der Waals surface area contributed by atoms with Gasteiger partial charge in [0.05, 0.1) is 5.56 Å². The van der Waals surface area contributed by atoms with Gasteiger partial charge in [-0.2, -0.15) is 18.7 Å². The highest BCUT2D eigenvalue weighted by Crippen LogP contribution is 2.32. The molecule has 0 radical (unpaired) electrons. The van der Waals surface area contributed by atoms with Gasteiger partial charge in [0, 0.05) is 6.20 Å². The lowest BCUT2D eigenvalue weighted by Crippen LogP contribution is -2.34. The fourth-order valence-corrected chi connectivity index (χ4v) is 1.25. The van der Waals surface area contributed by atoms with Gasteiger partial charge in [0.2, 0.25) is 0 Å². The number of nitrogens with one attached hydrogen (secondary N) is 1. The van der Waals surface area contributed by atoms with Crippen LogP contribution in [0.15, 0.2) is 12.3 Å². The molecule has 0 aliphatic heterocycles. The van der Waals surface area contributed by atoms with Crippen molar-refractivity contribution in [1.82, 2.24) is 10.5 Å². The molecule has 1 N–H and O–H groups in total. The molecule has 0 bridgehead atoms. The number of pyridine rings is 1. The predicted octanol–water partition coefficient (Wildman–Crippen LogP) is 3.57. The molecule has 0 aliphatic carbocycles. The third-order valence-corrected chi connectivity index (χ3v) is 2.04. The monoisotopic (exact) mass is 312 g/mol. The number of halogens is 4. The summed E-state index contributed by atoms with van der Waals surface area (Å²) in [4.78, 5) is 19.3. The first-order valence-electron chi connectivity index (χ1n) is 5.37. The van der Waals surface area contributed by atoms with E-state index >= 15 is 0 Å². The van der Waals surface area contributed by atoms with Crippen LogP contribution in [0.2, 0.25) is 5.02 Å². The van der Waals surface area contributed by atoms with Crippen molar-refractivity contribution in [1.29, 1.82) is 0 Å². The second kappa shape index (κ2) is 5.74. The highest BCUT2D eigenvalue weighted by molar-refractivity contribution is 6.31. The van der Waals surface area contributed by atoms with Crippen molar-refractivity contribution in [2.75, 3.05) is 0 Å². The number of rotatable bonds is 2. The molecule has 0 saturated heterocycles. The summed E-state index contributed by atoms with van der Waals surface area (Å²) in [5, 5.41) is -0.393. The van der Waals surface area contributed by atoms with Crippen LogP contribution in [-0.4, -0.2) is 16.7 Å². The van der Waals surface area contributed by atoms with Gasteiger partial charge in [0.25, 0.3) is 5.88 Å². The van der Waals surface area contributed by atoms with Crippen LogP contribution < -0.4 is 10.3 Å². The maximum absolute atomic E-state index is 12.4. The number of ether oxygens (including phenoxy) is 1. The molecule has 9 heteroatoms.